The summed E-state index contributed by atoms with van der Waals surface area (Å²) in [4.78, 5) is 0. The molecule has 0 spiro atoms. The monoisotopic (exact) mass is 588 g/mol. The number of rotatable bonds is 2. The van der Waals surface area contributed by atoms with Crippen LogP contribution in [0.3, 0.4) is 0 Å². The third-order valence-electron chi connectivity index (χ3n) is 7.50. The van der Waals surface area contributed by atoms with Gasteiger partial charge in [0.15, 0.2) is 23.0 Å². The van der Waals surface area contributed by atoms with Crippen LogP contribution >= 0.6 is 0 Å². The predicted octanol–water partition coefficient (Wildman–Crippen LogP) is 3.99. The molecule has 5 rings (SSSR count). The van der Waals surface area contributed by atoms with Gasteiger partial charge in [0.2, 0.25) is 0 Å². The first kappa shape index (κ1) is 30.8. The predicted molar refractivity (Wildman–Crippen MR) is 154 cm³/mol. The van der Waals surface area contributed by atoms with Gasteiger partial charge in [0.05, 0.1) is 79.3 Å². The Balaban J connectivity index is 1.26. The lowest BCUT2D eigenvalue weighted by molar-refractivity contribution is 0.00708. The van der Waals surface area contributed by atoms with Crippen LogP contribution < -0.4 is 18.9 Å². The molecule has 2 atom stereocenters. The Hall–Kier alpha value is -2.60. The maximum absolute atomic E-state index is 6.13. The fourth-order valence-electron chi connectivity index (χ4n) is 5.20. The highest BCUT2D eigenvalue weighted by Crippen LogP contribution is 2.51. The molecule has 0 saturated heterocycles. The number of hydrogen-bond acceptors (Lipinski definition) is 10. The van der Waals surface area contributed by atoms with E-state index in [2.05, 4.69) is 24.3 Å². The zero-order chi connectivity index (χ0) is 28.7. The van der Waals surface area contributed by atoms with Crippen molar-refractivity contribution in [3.63, 3.8) is 0 Å². The molecule has 3 aliphatic rings. The maximum atomic E-state index is 6.13. The van der Waals surface area contributed by atoms with E-state index in [0.717, 1.165) is 35.8 Å². The molecule has 0 aromatic heterocycles. The Morgan fingerprint density at radius 3 is 0.929 bits per heavy atom. The van der Waals surface area contributed by atoms with Crippen LogP contribution in [-0.4, -0.2) is 106 Å². The molecule has 0 N–H and O–H groups in total. The molecule has 1 aliphatic carbocycles. The van der Waals surface area contributed by atoms with Crippen molar-refractivity contribution in [3.05, 3.63) is 47.5 Å². The highest BCUT2D eigenvalue weighted by atomic mass is 16.6. The van der Waals surface area contributed by atoms with Crippen molar-refractivity contribution in [1.29, 1.82) is 0 Å². The van der Waals surface area contributed by atoms with E-state index in [1.54, 1.807) is 0 Å². The minimum absolute atomic E-state index is 0.366. The minimum atomic E-state index is 0.366. The van der Waals surface area contributed by atoms with Gasteiger partial charge in [-0.1, -0.05) is 12.1 Å². The summed E-state index contributed by atoms with van der Waals surface area (Å²) in [6, 6.07) is 12.6. The molecule has 10 nitrogen and oxygen atoms in total. The second-order valence-corrected chi connectivity index (χ2v) is 10.3. The third kappa shape index (κ3) is 9.45. The molecule has 42 heavy (non-hydrogen) atoms. The summed E-state index contributed by atoms with van der Waals surface area (Å²) in [5, 5.41) is 0. The molecule has 1 saturated carbocycles. The van der Waals surface area contributed by atoms with Crippen molar-refractivity contribution in [2.24, 2.45) is 0 Å². The van der Waals surface area contributed by atoms with Gasteiger partial charge in [0.25, 0.3) is 0 Å². The van der Waals surface area contributed by atoms with Crippen molar-refractivity contribution in [3.8, 4) is 23.0 Å². The fourth-order valence-corrected chi connectivity index (χ4v) is 5.20. The molecule has 2 aromatic carbocycles. The second-order valence-electron chi connectivity index (χ2n) is 10.3. The Morgan fingerprint density at radius 2 is 0.619 bits per heavy atom. The van der Waals surface area contributed by atoms with E-state index in [1.807, 2.05) is 12.1 Å². The minimum Gasteiger partial charge on any atom is -0.487 e. The Bertz CT molecular complexity index is 980. The SMILES string of the molecule is c1cc2c(cc1[C@H]1CC[C@@H]1c1ccc3c(c1)OCCOCCOCCOCCO3)OCCOCCOCCOCCO2. The van der Waals surface area contributed by atoms with Gasteiger partial charge in [-0.05, 0) is 60.1 Å². The lowest BCUT2D eigenvalue weighted by Crippen LogP contribution is -2.22. The summed E-state index contributed by atoms with van der Waals surface area (Å²) in [6.07, 6.45) is 2.20. The number of fused-ring (bicyclic) bond motifs is 2. The van der Waals surface area contributed by atoms with E-state index in [0.29, 0.717) is 118 Å². The molecular formula is C32H44O10. The van der Waals surface area contributed by atoms with Crippen molar-refractivity contribution in [2.45, 2.75) is 24.7 Å². The first-order valence-electron chi connectivity index (χ1n) is 15.1. The molecule has 2 aromatic rings. The first-order valence-corrected chi connectivity index (χ1v) is 15.1. The molecule has 2 aliphatic heterocycles. The average Bonchev–Trinajstić information content (AvgIpc) is 3.00. The molecule has 1 fully saturated rings. The molecule has 0 amide bonds. The van der Waals surface area contributed by atoms with Crippen molar-refractivity contribution in [2.75, 3.05) is 106 Å². The van der Waals surface area contributed by atoms with Gasteiger partial charge in [-0.25, -0.2) is 0 Å². The van der Waals surface area contributed by atoms with Crippen LogP contribution in [0.15, 0.2) is 36.4 Å². The first-order chi connectivity index (χ1) is 20.9. The van der Waals surface area contributed by atoms with Crippen LogP contribution in [0.5, 0.6) is 23.0 Å². The Kier molecular flexibility index (Phi) is 12.9. The van der Waals surface area contributed by atoms with Crippen molar-refractivity contribution >= 4 is 0 Å². The van der Waals surface area contributed by atoms with Gasteiger partial charge >= 0.3 is 0 Å². The van der Waals surface area contributed by atoms with Crippen LogP contribution in [-0.2, 0) is 28.4 Å². The van der Waals surface area contributed by atoms with Crippen LogP contribution in [0, 0.1) is 0 Å². The summed E-state index contributed by atoms with van der Waals surface area (Å²) < 4.78 is 57.8. The Morgan fingerprint density at radius 1 is 0.333 bits per heavy atom. The standard InChI is InChI=1S/C32H44O10/c1-5-29-31(41-21-17-37-13-9-33-7-11-35-15-19-39-29)23-25(1)27-3-4-28(27)26-2-6-30-32(24-26)42-22-18-38-14-10-34-8-12-36-16-20-40-30/h1-2,5-6,23-24,27-28H,3-4,7-22H2/t27-,28-/m1/s1. The van der Waals surface area contributed by atoms with E-state index in [-0.39, 0.29) is 0 Å². The van der Waals surface area contributed by atoms with E-state index in [1.165, 1.54) is 11.1 Å². The zero-order valence-electron chi connectivity index (χ0n) is 24.4. The van der Waals surface area contributed by atoms with Crippen LogP contribution in [0.1, 0.15) is 35.8 Å². The molecule has 2 heterocycles. The van der Waals surface area contributed by atoms with Crippen molar-refractivity contribution < 1.29 is 47.4 Å². The van der Waals surface area contributed by atoms with Crippen LogP contribution in [0.25, 0.3) is 0 Å². The highest BCUT2D eigenvalue weighted by molar-refractivity contribution is 5.48. The van der Waals surface area contributed by atoms with E-state index in [4.69, 9.17) is 47.4 Å². The molecule has 0 unspecified atom stereocenters. The number of benzene rings is 2. The topological polar surface area (TPSA) is 92.3 Å². The van der Waals surface area contributed by atoms with Gasteiger partial charge in [-0.3, -0.25) is 0 Å². The van der Waals surface area contributed by atoms with Crippen LogP contribution in [0.2, 0.25) is 0 Å². The molecule has 0 radical (unpaired) electrons. The number of ether oxygens (including phenoxy) is 10. The number of hydrogen-bond donors (Lipinski definition) is 0. The van der Waals surface area contributed by atoms with Gasteiger partial charge < -0.3 is 47.4 Å². The average molecular weight is 589 g/mol. The lowest BCUT2D eigenvalue weighted by atomic mass is 9.67. The molecular weight excluding hydrogens is 544 g/mol. The molecule has 10 heteroatoms. The fraction of sp³-hybridized carbons (Fsp3) is 0.625. The van der Waals surface area contributed by atoms with Gasteiger partial charge in [0, 0.05) is 0 Å². The van der Waals surface area contributed by atoms with Gasteiger partial charge in [0.1, 0.15) is 26.4 Å². The summed E-state index contributed by atoms with van der Waals surface area (Å²) in [6.45, 7) is 8.02. The smallest absolute Gasteiger partial charge is 0.161 e. The van der Waals surface area contributed by atoms with E-state index in [9.17, 15) is 0 Å². The highest BCUT2D eigenvalue weighted by Gasteiger charge is 2.34. The lowest BCUT2D eigenvalue weighted by Gasteiger charge is -2.38. The van der Waals surface area contributed by atoms with Gasteiger partial charge in [-0.15, -0.1) is 0 Å². The van der Waals surface area contributed by atoms with Gasteiger partial charge in [-0.2, -0.15) is 0 Å². The van der Waals surface area contributed by atoms with E-state index >= 15 is 0 Å². The second kappa shape index (κ2) is 17.5. The summed E-state index contributed by atoms with van der Waals surface area (Å²) in [5.74, 6) is 3.63. The normalized spacial score (nSPS) is 24.1. The summed E-state index contributed by atoms with van der Waals surface area (Å²) in [7, 11) is 0. The third-order valence-corrected chi connectivity index (χ3v) is 7.50. The van der Waals surface area contributed by atoms with Crippen LogP contribution in [0.4, 0.5) is 0 Å². The Labute approximate surface area is 248 Å². The van der Waals surface area contributed by atoms with E-state index < -0.39 is 0 Å². The quantitative estimate of drug-likeness (QED) is 0.513. The maximum Gasteiger partial charge on any atom is 0.161 e. The van der Waals surface area contributed by atoms with Crippen molar-refractivity contribution in [1.82, 2.24) is 0 Å². The molecule has 232 valence electrons. The largest absolute Gasteiger partial charge is 0.487 e. The summed E-state index contributed by atoms with van der Waals surface area (Å²) >= 11 is 0. The molecule has 0 bridgehead atoms. The summed E-state index contributed by atoms with van der Waals surface area (Å²) in [5.41, 5.74) is 2.47. The zero-order valence-corrected chi connectivity index (χ0v) is 24.4.